The Balaban J connectivity index is 2.93. The van der Waals surface area contributed by atoms with Crippen molar-refractivity contribution in [2.24, 2.45) is 0 Å². The quantitative estimate of drug-likeness (QED) is 0.506. The number of nitrogens with two attached hydrogens (primary N) is 1. The molecule has 12 heavy (non-hydrogen) atoms. The molecule has 0 amide bonds. The molecule has 0 aliphatic carbocycles. The molecule has 0 aliphatic rings. The van der Waals surface area contributed by atoms with Gasteiger partial charge in [-0.3, -0.25) is 0 Å². The molecule has 1 aromatic heterocycles. The summed E-state index contributed by atoms with van der Waals surface area (Å²) < 4.78 is 1.39. The zero-order valence-corrected chi connectivity index (χ0v) is 7.62. The molecule has 2 rings (SSSR count). The van der Waals surface area contributed by atoms with Crippen LogP contribution in [0, 0.1) is 0 Å². The number of fused-ring (bicyclic) bond motifs is 1. The van der Waals surface area contributed by atoms with Crippen molar-refractivity contribution in [1.82, 2.24) is 0 Å². The highest BCUT2D eigenvalue weighted by molar-refractivity contribution is 7.23. The highest BCUT2D eigenvalue weighted by Gasteiger charge is 2.06. The predicted molar refractivity (Wildman–Crippen MR) is 52.9 cm³/mol. The summed E-state index contributed by atoms with van der Waals surface area (Å²) in [6, 6.07) is 5.00. The molecule has 1 heterocycles. The van der Waals surface area contributed by atoms with Gasteiger partial charge in [0.1, 0.15) is 5.75 Å². The first-order valence-corrected chi connectivity index (χ1v) is 4.54. The van der Waals surface area contributed by atoms with E-state index in [0.29, 0.717) is 10.0 Å². The van der Waals surface area contributed by atoms with Crippen LogP contribution in [-0.4, -0.2) is 5.11 Å². The van der Waals surface area contributed by atoms with Crippen molar-refractivity contribution in [1.29, 1.82) is 0 Å². The third-order valence-corrected chi connectivity index (χ3v) is 2.95. The number of phenols is 1. The van der Waals surface area contributed by atoms with Gasteiger partial charge in [-0.2, -0.15) is 0 Å². The molecule has 0 atom stereocenters. The molecule has 2 aromatic rings. The number of phenolic OH excluding ortho intramolecular Hbond substituents is 1. The molecular formula is C8H6ClNOS. The third kappa shape index (κ3) is 1.02. The molecule has 3 N–H and O–H groups in total. The molecule has 0 spiro atoms. The Morgan fingerprint density at radius 1 is 1.42 bits per heavy atom. The van der Waals surface area contributed by atoms with Crippen molar-refractivity contribution in [2.45, 2.75) is 0 Å². The van der Waals surface area contributed by atoms with Crippen LogP contribution < -0.4 is 5.73 Å². The van der Waals surface area contributed by atoms with E-state index in [1.165, 1.54) is 11.3 Å². The Kier molecular flexibility index (Phi) is 1.63. The summed E-state index contributed by atoms with van der Waals surface area (Å²) in [5, 5.41) is 10.2. The summed E-state index contributed by atoms with van der Waals surface area (Å²) in [6.07, 6.45) is 0. The van der Waals surface area contributed by atoms with Crippen LogP contribution in [0.5, 0.6) is 5.75 Å². The van der Waals surface area contributed by atoms with Gasteiger partial charge in [-0.05, 0) is 18.2 Å². The molecule has 2 nitrogen and oxygen atoms in total. The Morgan fingerprint density at radius 3 is 2.83 bits per heavy atom. The van der Waals surface area contributed by atoms with Gasteiger partial charge < -0.3 is 10.8 Å². The molecule has 4 heteroatoms. The molecule has 0 radical (unpaired) electrons. The summed E-state index contributed by atoms with van der Waals surface area (Å²) in [7, 11) is 0. The predicted octanol–water partition coefficient (Wildman–Crippen LogP) is 2.84. The molecule has 0 bridgehead atoms. The smallest absolute Gasteiger partial charge is 0.133 e. The summed E-state index contributed by atoms with van der Waals surface area (Å²) >= 11 is 7.11. The van der Waals surface area contributed by atoms with Crippen molar-refractivity contribution in [2.75, 3.05) is 5.73 Å². The Morgan fingerprint density at radius 2 is 2.17 bits per heavy atom. The number of rotatable bonds is 0. The third-order valence-electron chi connectivity index (χ3n) is 1.67. The molecule has 0 aliphatic heterocycles. The molecule has 0 saturated heterocycles. The highest BCUT2D eigenvalue weighted by Crippen LogP contribution is 2.38. The van der Waals surface area contributed by atoms with Gasteiger partial charge in [-0.15, -0.1) is 11.3 Å². The fourth-order valence-corrected chi connectivity index (χ4v) is 2.27. The second-order valence-corrected chi connectivity index (χ2v) is 4.15. The number of aromatic hydroxyl groups is 1. The van der Waals surface area contributed by atoms with Crippen LogP contribution in [0.25, 0.3) is 10.1 Å². The number of halogens is 1. The maximum Gasteiger partial charge on any atom is 0.133 e. The molecule has 62 valence electrons. The number of hydrogen-bond donors (Lipinski definition) is 2. The van der Waals surface area contributed by atoms with Crippen LogP contribution in [0.3, 0.4) is 0 Å². The lowest BCUT2D eigenvalue weighted by molar-refractivity contribution is 0.482. The van der Waals surface area contributed by atoms with E-state index < -0.39 is 0 Å². The number of hydrogen-bond acceptors (Lipinski definition) is 3. The zero-order chi connectivity index (χ0) is 8.72. The fraction of sp³-hybridized carbons (Fsp3) is 0. The van der Waals surface area contributed by atoms with Crippen LogP contribution in [-0.2, 0) is 0 Å². The van der Waals surface area contributed by atoms with E-state index in [1.54, 1.807) is 18.2 Å². The maximum absolute atomic E-state index is 9.41. The second-order valence-electron chi connectivity index (χ2n) is 2.47. The lowest BCUT2D eigenvalue weighted by atomic mass is 10.2. The van der Waals surface area contributed by atoms with E-state index >= 15 is 0 Å². The Labute approximate surface area is 78.2 Å². The lowest BCUT2D eigenvalue weighted by Gasteiger charge is -1.96. The standard InChI is InChI=1S/C8H6ClNOS/c9-7-3-4-5(10)1-2-6(11)8(4)12-7/h1-3,11H,10H2. The number of nitrogen functional groups attached to an aromatic ring is 1. The van der Waals surface area contributed by atoms with Crippen LogP contribution in [0.1, 0.15) is 0 Å². The molecular weight excluding hydrogens is 194 g/mol. The summed E-state index contributed by atoms with van der Waals surface area (Å²) in [6.45, 7) is 0. The summed E-state index contributed by atoms with van der Waals surface area (Å²) in [4.78, 5) is 0. The van der Waals surface area contributed by atoms with Gasteiger partial charge in [0, 0.05) is 11.1 Å². The minimum Gasteiger partial charge on any atom is -0.506 e. The van der Waals surface area contributed by atoms with Crippen LogP contribution in [0.4, 0.5) is 5.69 Å². The number of thiophene rings is 1. The van der Waals surface area contributed by atoms with Crippen LogP contribution in [0.15, 0.2) is 18.2 Å². The Bertz CT molecular complexity index is 399. The monoisotopic (exact) mass is 199 g/mol. The first-order chi connectivity index (χ1) is 5.68. The van der Waals surface area contributed by atoms with E-state index in [1.807, 2.05) is 0 Å². The van der Waals surface area contributed by atoms with E-state index in [9.17, 15) is 5.11 Å². The van der Waals surface area contributed by atoms with Gasteiger partial charge in [0.2, 0.25) is 0 Å². The normalized spacial score (nSPS) is 10.8. The van der Waals surface area contributed by atoms with Crippen molar-refractivity contribution < 1.29 is 5.11 Å². The van der Waals surface area contributed by atoms with E-state index in [4.69, 9.17) is 17.3 Å². The minimum atomic E-state index is 0.233. The van der Waals surface area contributed by atoms with E-state index in [0.717, 1.165) is 10.1 Å². The number of anilines is 1. The maximum atomic E-state index is 9.41. The van der Waals surface area contributed by atoms with Crippen LogP contribution >= 0.6 is 22.9 Å². The average Bonchev–Trinajstić information content (AvgIpc) is 2.41. The number of benzene rings is 1. The van der Waals surface area contributed by atoms with Crippen molar-refractivity contribution in [3.63, 3.8) is 0 Å². The first-order valence-electron chi connectivity index (χ1n) is 3.35. The van der Waals surface area contributed by atoms with Crippen molar-refractivity contribution in [3.05, 3.63) is 22.5 Å². The van der Waals surface area contributed by atoms with Crippen LogP contribution in [0.2, 0.25) is 4.34 Å². The van der Waals surface area contributed by atoms with Gasteiger partial charge in [-0.25, -0.2) is 0 Å². The fourth-order valence-electron chi connectivity index (χ4n) is 1.10. The molecule has 0 unspecified atom stereocenters. The van der Waals surface area contributed by atoms with E-state index in [2.05, 4.69) is 0 Å². The molecule has 0 saturated carbocycles. The lowest BCUT2D eigenvalue weighted by Crippen LogP contribution is -1.83. The minimum absolute atomic E-state index is 0.233. The van der Waals surface area contributed by atoms with Gasteiger partial charge in [0.15, 0.2) is 0 Å². The zero-order valence-electron chi connectivity index (χ0n) is 6.04. The Hall–Kier alpha value is -0.930. The van der Waals surface area contributed by atoms with Gasteiger partial charge >= 0.3 is 0 Å². The molecule has 1 aromatic carbocycles. The summed E-state index contributed by atoms with van der Waals surface area (Å²) in [5.74, 6) is 0.233. The molecule has 0 fully saturated rings. The van der Waals surface area contributed by atoms with Crippen molar-refractivity contribution in [3.8, 4) is 5.75 Å². The van der Waals surface area contributed by atoms with Gasteiger partial charge in [0.25, 0.3) is 0 Å². The second kappa shape index (κ2) is 2.54. The topological polar surface area (TPSA) is 46.2 Å². The first kappa shape index (κ1) is 7.71. The van der Waals surface area contributed by atoms with Gasteiger partial charge in [0.05, 0.1) is 9.04 Å². The SMILES string of the molecule is Nc1ccc(O)c2sc(Cl)cc12. The van der Waals surface area contributed by atoms with Crippen molar-refractivity contribution >= 4 is 38.7 Å². The van der Waals surface area contributed by atoms with E-state index in [-0.39, 0.29) is 5.75 Å². The largest absolute Gasteiger partial charge is 0.506 e. The highest BCUT2D eigenvalue weighted by atomic mass is 35.5. The van der Waals surface area contributed by atoms with Gasteiger partial charge in [-0.1, -0.05) is 11.6 Å². The summed E-state index contributed by atoms with van der Waals surface area (Å²) in [5.41, 5.74) is 6.32. The average molecular weight is 200 g/mol.